The molecule has 0 aliphatic rings. The number of hydrogen-bond acceptors (Lipinski definition) is 2. The standard InChI is InChI=1S/C15H32O2Si/c1-5-6-7-8-9-10-11-12-15(13-14-16)17-18(2,3)4/h10-11,15-16H,5-9,12-14H2,1-4H3. The molecule has 18 heavy (non-hydrogen) atoms. The highest BCUT2D eigenvalue weighted by molar-refractivity contribution is 6.69. The van der Waals surface area contributed by atoms with E-state index < -0.39 is 8.32 Å². The Bertz CT molecular complexity index is 209. The zero-order chi connectivity index (χ0) is 13.9. The molecule has 108 valence electrons. The molecule has 0 bridgehead atoms. The Morgan fingerprint density at radius 2 is 1.83 bits per heavy atom. The van der Waals surface area contributed by atoms with E-state index in [0.717, 1.165) is 12.8 Å². The molecule has 0 aromatic rings. The Balaban J connectivity index is 3.78. The molecule has 0 saturated heterocycles. The van der Waals surface area contributed by atoms with Crippen molar-refractivity contribution < 1.29 is 9.53 Å². The normalized spacial score (nSPS) is 14.3. The third-order valence-electron chi connectivity index (χ3n) is 2.76. The maximum Gasteiger partial charge on any atom is 0.184 e. The second-order valence-electron chi connectivity index (χ2n) is 5.92. The third kappa shape index (κ3) is 12.3. The van der Waals surface area contributed by atoms with Crippen molar-refractivity contribution in [2.45, 2.75) is 77.6 Å². The molecular formula is C15H32O2Si. The van der Waals surface area contributed by atoms with Crippen molar-refractivity contribution in [2.75, 3.05) is 6.61 Å². The smallest absolute Gasteiger partial charge is 0.184 e. The van der Waals surface area contributed by atoms with Gasteiger partial charge in [0.1, 0.15) is 0 Å². The van der Waals surface area contributed by atoms with Crippen LogP contribution in [0.15, 0.2) is 12.2 Å². The molecule has 0 saturated carbocycles. The molecular weight excluding hydrogens is 240 g/mol. The summed E-state index contributed by atoms with van der Waals surface area (Å²) >= 11 is 0. The average molecular weight is 273 g/mol. The van der Waals surface area contributed by atoms with E-state index >= 15 is 0 Å². The van der Waals surface area contributed by atoms with E-state index in [1.165, 1.54) is 32.1 Å². The molecule has 0 spiro atoms. The van der Waals surface area contributed by atoms with Gasteiger partial charge in [-0.3, -0.25) is 0 Å². The van der Waals surface area contributed by atoms with Crippen LogP contribution in [0.3, 0.4) is 0 Å². The number of hydrogen-bond donors (Lipinski definition) is 1. The van der Waals surface area contributed by atoms with Crippen LogP contribution >= 0.6 is 0 Å². The van der Waals surface area contributed by atoms with E-state index in [4.69, 9.17) is 9.53 Å². The summed E-state index contributed by atoms with van der Waals surface area (Å²) < 4.78 is 6.05. The molecule has 3 heteroatoms. The summed E-state index contributed by atoms with van der Waals surface area (Å²) in [5.41, 5.74) is 0. The van der Waals surface area contributed by atoms with E-state index in [1.807, 2.05) is 0 Å². The SMILES string of the molecule is CCCCCCC=CCC(CCO)O[Si](C)(C)C. The van der Waals surface area contributed by atoms with Crippen molar-refractivity contribution in [3.63, 3.8) is 0 Å². The van der Waals surface area contributed by atoms with E-state index in [2.05, 4.69) is 38.7 Å². The molecule has 0 amide bonds. The van der Waals surface area contributed by atoms with Crippen molar-refractivity contribution in [3.05, 3.63) is 12.2 Å². The maximum absolute atomic E-state index is 9.04. The lowest BCUT2D eigenvalue weighted by Crippen LogP contribution is -2.32. The van der Waals surface area contributed by atoms with Gasteiger partial charge >= 0.3 is 0 Å². The molecule has 0 aromatic carbocycles. The van der Waals surface area contributed by atoms with Crippen LogP contribution < -0.4 is 0 Å². The number of allylic oxidation sites excluding steroid dienone is 1. The first kappa shape index (κ1) is 17.9. The van der Waals surface area contributed by atoms with Gasteiger partial charge in [-0.2, -0.15) is 0 Å². The van der Waals surface area contributed by atoms with Crippen LogP contribution in [0.25, 0.3) is 0 Å². The number of rotatable bonds is 11. The lowest BCUT2D eigenvalue weighted by Gasteiger charge is -2.25. The first-order valence-corrected chi connectivity index (χ1v) is 10.8. The summed E-state index contributed by atoms with van der Waals surface area (Å²) in [7, 11) is -1.49. The fraction of sp³-hybridized carbons (Fsp3) is 0.867. The van der Waals surface area contributed by atoms with Gasteiger partial charge in [0.2, 0.25) is 0 Å². The van der Waals surface area contributed by atoms with E-state index in [0.29, 0.717) is 0 Å². The molecule has 1 unspecified atom stereocenters. The third-order valence-corrected chi connectivity index (χ3v) is 3.80. The van der Waals surface area contributed by atoms with Gasteiger partial charge in [-0.25, -0.2) is 0 Å². The summed E-state index contributed by atoms with van der Waals surface area (Å²) in [6.07, 6.45) is 12.9. The summed E-state index contributed by atoms with van der Waals surface area (Å²) in [6.45, 7) is 9.06. The van der Waals surface area contributed by atoms with Crippen LogP contribution in [0.2, 0.25) is 19.6 Å². The fourth-order valence-electron chi connectivity index (χ4n) is 1.92. The first-order chi connectivity index (χ1) is 8.49. The molecule has 2 nitrogen and oxygen atoms in total. The molecule has 1 atom stereocenters. The van der Waals surface area contributed by atoms with Gasteiger partial charge in [0.15, 0.2) is 8.32 Å². The Kier molecular flexibility index (Phi) is 10.7. The maximum atomic E-state index is 9.04. The van der Waals surface area contributed by atoms with Crippen LogP contribution in [0, 0.1) is 0 Å². The van der Waals surface area contributed by atoms with E-state index in [-0.39, 0.29) is 12.7 Å². The van der Waals surface area contributed by atoms with Crippen LogP contribution in [0.4, 0.5) is 0 Å². The molecule has 0 aliphatic carbocycles. The minimum Gasteiger partial charge on any atom is -0.414 e. The summed E-state index contributed by atoms with van der Waals surface area (Å²) in [6, 6.07) is 0. The topological polar surface area (TPSA) is 29.5 Å². The monoisotopic (exact) mass is 272 g/mol. The van der Waals surface area contributed by atoms with Crippen LogP contribution in [0.1, 0.15) is 51.9 Å². The van der Waals surface area contributed by atoms with Crippen molar-refractivity contribution in [3.8, 4) is 0 Å². The van der Waals surface area contributed by atoms with Gasteiger partial charge in [0.05, 0.1) is 6.10 Å². The molecule has 0 aliphatic heterocycles. The second kappa shape index (κ2) is 10.8. The van der Waals surface area contributed by atoms with Gasteiger partial charge in [0, 0.05) is 6.61 Å². The minimum atomic E-state index is -1.49. The van der Waals surface area contributed by atoms with E-state index in [1.54, 1.807) is 0 Å². The Morgan fingerprint density at radius 1 is 1.11 bits per heavy atom. The highest BCUT2D eigenvalue weighted by Crippen LogP contribution is 2.14. The predicted octanol–water partition coefficient (Wildman–Crippen LogP) is 4.51. The van der Waals surface area contributed by atoms with Crippen LogP contribution in [-0.2, 0) is 4.43 Å². The lowest BCUT2D eigenvalue weighted by molar-refractivity contribution is 0.150. The largest absolute Gasteiger partial charge is 0.414 e. The summed E-state index contributed by atoms with van der Waals surface area (Å²) in [4.78, 5) is 0. The number of aliphatic hydroxyl groups excluding tert-OH is 1. The molecule has 1 N–H and O–H groups in total. The van der Waals surface area contributed by atoms with Crippen molar-refractivity contribution in [1.29, 1.82) is 0 Å². The predicted molar refractivity (Wildman–Crippen MR) is 82.4 cm³/mol. The van der Waals surface area contributed by atoms with E-state index in [9.17, 15) is 0 Å². The van der Waals surface area contributed by atoms with Crippen molar-refractivity contribution >= 4 is 8.32 Å². The zero-order valence-corrected chi connectivity index (χ0v) is 13.7. The number of aliphatic hydroxyl groups is 1. The molecule has 0 fully saturated rings. The Morgan fingerprint density at radius 3 is 2.39 bits per heavy atom. The van der Waals surface area contributed by atoms with Gasteiger partial charge < -0.3 is 9.53 Å². The zero-order valence-electron chi connectivity index (χ0n) is 12.7. The van der Waals surface area contributed by atoms with Gasteiger partial charge in [-0.15, -0.1) is 0 Å². The quantitative estimate of drug-likeness (QED) is 0.341. The molecule has 0 rings (SSSR count). The minimum absolute atomic E-state index is 0.202. The summed E-state index contributed by atoms with van der Waals surface area (Å²) in [5, 5.41) is 9.04. The lowest BCUT2D eigenvalue weighted by atomic mass is 10.1. The van der Waals surface area contributed by atoms with Gasteiger partial charge in [-0.05, 0) is 45.3 Å². The Labute approximate surface area is 115 Å². The number of unbranched alkanes of at least 4 members (excludes halogenated alkanes) is 4. The molecule has 0 aromatic heterocycles. The van der Waals surface area contributed by atoms with Crippen molar-refractivity contribution in [1.82, 2.24) is 0 Å². The second-order valence-corrected chi connectivity index (χ2v) is 10.4. The highest BCUT2D eigenvalue weighted by Gasteiger charge is 2.19. The van der Waals surface area contributed by atoms with Gasteiger partial charge in [0.25, 0.3) is 0 Å². The fourth-order valence-corrected chi connectivity index (χ4v) is 3.14. The summed E-state index contributed by atoms with van der Waals surface area (Å²) in [5.74, 6) is 0. The first-order valence-electron chi connectivity index (χ1n) is 7.43. The highest BCUT2D eigenvalue weighted by atomic mass is 28.4. The Hall–Kier alpha value is -0.123. The average Bonchev–Trinajstić information content (AvgIpc) is 2.26. The van der Waals surface area contributed by atoms with Crippen molar-refractivity contribution in [2.24, 2.45) is 0 Å². The molecule has 0 radical (unpaired) electrons. The van der Waals surface area contributed by atoms with Crippen LogP contribution in [-0.4, -0.2) is 26.1 Å². The van der Waals surface area contributed by atoms with Gasteiger partial charge in [-0.1, -0.05) is 38.3 Å². The molecule has 0 heterocycles. The van der Waals surface area contributed by atoms with Crippen LogP contribution in [0.5, 0.6) is 0 Å².